The average molecular weight is 292 g/mol. The van der Waals surface area contributed by atoms with E-state index in [0.717, 1.165) is 4.90 Å². The van der Waals surface area contributed by atoms with Gasteiger partial charge in [-0.15, -0.1) is 0 Å². The highest BCUT2D eigenvalue weighted by atomic mass is 16.6. The zero-order chi connectivity index (χ0) is 15.1. The van der Waals surface area contributed by atoms with E-state index in [0.29, 0.717) is 36.7 Å². The molecule has 0 aromatic carbocycles. The van der Waals surface area contributed by atoms with Gasteiger partial charge in [0.2, 0.25) is 0 Å². The molecule has 0 bridgehead atoms. The van der Waals surface area contributed by atoms with Gasteiger partial charge >= 0.3 is 6.09 Å². The molecule has 0 saturated carbocycles. The Hall–Kier alpha value is -2.31. The molecule has 2 fully saturated rings. The topological polar surface area (TPSA) is 80.1 Å². The van der Waals surface area contributed by atoms with Crippen LogP contribution in [0, 0.1) is 19.8 Å². The molecule has 0 N–H and O–H groups in total. The molecule has 0 spiro atoms. The summed E-state index contributed by atoms with van der Waals surface area (Å²) in [6.07, 6.45) is -0.592. The van der Waals surface area contributed by atoms with Crippen LogP contribution in [0.25, 0.3) is 0 Å². The largest absolute Gasteiger partial charge is 0.466 e. The number of imide groups is 1. The second-order valence-corrected chi connectivity index (χ2v) is 5.46. The van der Waals surface area contributed by atoms with Crippen molar-refractivity contribution in [2.45, 2.75) is 13.8 Å². The molecule has 0 radical (unpaired) electrons. The monoisotopic (exact) mass is 292 g/mol. The Bertz CT molecular complexity index is 599. The number of nitrogens with zero attached hydrogens (tertiary/aromatic N) is 2. The normalized spacial score (nSPS) is 19.0. The third kappa shape index (κ3) is 2.39. The molecule has 112 valence electrons. The van der Waals surface area contributed by atoms with Crippen LogP contribution in [-0.2, 0) is 9.53 Å². The lowest BCUT2D eigenvalue weighted by atomic mass is 9.98. The number of likely N-dealkylation sites (tertiary alicyclic amines) is 1. The molecule has 21 heavy (non-hydrogen) atoms. The van der Waals surface area contributed by atoms with Gasteiger partial charge in [-0.1, -0.05) is 0 Å². The predicted octanol–water partition coefficient (Wildman–Crippen LogP) is 0.947. The van der Waals surface area contributed by atoms with Gasteiger partial charge in [0.25, 0.3) is 11.8 Å². The number of hydrogen-bond acceptors (Lipinski definition) is 5. The van der Waals surface area contributed by atoms with E-state index in [1.807, 2.05) is 0 Å². The summed E-state index contributed by atoms with van der Waals surface area (Å²) < 4.78 is 10.0. The van der Waals surface area contributed by atoms with Crippen LogP contribution in [0.5, 0.6) is 0 Å². The number of carbonyl (C=O) groups excluding carboxylic acids is 3. The second kappa shape index (κ2) is 4.91. The fraction of sp³-hybridized carbons (Fsp3) is 0.500. The SMILES string of the molecule is Cc1cc(C(=O)N2CC(CN3C(=O)COC3=O)C2)c(C)o1. The van der Waals surface area contributed by atoms with Gasteiger partial charge in [0.1, 0.15) is 11.5 Å². The number of furan rings is 1. The molecule has 0 aliphatic carbocycles. The van der Waals surface area contributed by atoms with E-state index >= 15 is 0 Å². The first-order valence-electron chi connectivity index (χ1n) is 6.79. The molecule has 0 unspecified atom stereocenters. The lowest BCUT2D eigenvalue weighted by Crippen LogP contribution is -2.54. The molecular weight excluding hydrogens is 276 g/mol. The highest BCUT2D eigenvalue weighted by Crippen LogP contribution is 2.23. The Morgan fingerprint density at radius 3 is 2.57 bits per heavy atom. The first-order chi connectivity index (χ1) is 9.95. The van der Waals surface area contributed by atoms with E-state index in [9.17, 15) is 14.4 Å². The summed E-state index contributed by atoms with van der Waals surface area (Å²) in [6, 6.07) is 1.73. The molecular formula is C14H16N2O5. The Labute approximate surface area is 121 Å². The second-order valence-electron chi connectivity index (χ2n) is 5.46. The summed E-state index contributed by atoms with van der Waals surface area (Å²) in [5.74, 6) is 1.04. The summed E-state index contributed by atoms with van der Waals surface area (Å²) in [7, 11) is 0. The molecule has 1 aromatic rings. The van der Waals surface area contributed by atoms with Gasteiger partial charge in [-0.2, -0.15) is 0 Å². The predicted molar refractivity (Wildman–Crippen MR) is 70.6 cm³/mol. The van der Waals surface area contributed by atoms with Crippen molar-refractivity contribution in [2.24, 2.45) is 5.92 Å². The number of amides is 3. The van der Waals surface area contributed by atoms with Crippen molar-refractivity contribution in [1.29, 1.82) is 0 Å². The van der Waals surface area contributed by atoms with E-state index in [1.54, 1.807) is 24.8 Å². The average Bonchev–Trinajstić information content (AvgIpc) is 2.87. The number of aryl methyl sites for hydroxylation is 2. The van der Waals surface area contributed by atoms with Gasteiger partial charge in [-0.25, -0.2) is 9.69 Å². The van der Waals surface area contributed by atoms with Gasteiger partial charge in [0, 0.05) is 25.6 Å². The van der Waals surface area contributed by atoms with Crippen molar-refractivity contribution in [3.05, 3.63) is 23.2 Å². The van der Waals surface area contributed by atoms with Crippen molar-refractivity contribution in [3.8, 4) is 0 Å². The summed E-state index contributed by atoms with van der Waals surface area (Å²) >= 11 is 0. The summed E-state index contributed by atoms with van der Waals surface area (Å²) in [6.45, 7) is 4.75. The van der Waals surface area contributed by atoms with Crippen molar-refractivity contribution in [1.82, 2.24) is 9.80 Å². The first kappa shape index (κ1) is 13.7. The Morgan fingerprint density at radius 1 is 1.33 bits per heavy atom. The maximum atomic E-state index is 12.3. The summed E-state index contributed by atoms with van der Waals surface area (Å²) in [5.41, 5.74) is 0.572. The van der Waals surface area contributed by atoms with Crippen LogP contribution in [0.4, 0.5) is 4.79 Å². The molecule has 3 heterocycles. The minimum absolute atomic E-state index is 0.0732. The number of ether oxygens (including phenoxy) is 1. The molecule has 2 aliphatic heterocycles. The zero-order valence-corrected chi connectivity index (χ0v) is 11.9. The summed E-state index contributed by atoms with van der Waals surface area (Å²) in [4.78, 5) is 37.8. The molecule has 7 heteroatoms. The third-order valence-electron chi connectivity index (χ3n) is 3.80. The standard InChI is InChI=1S/C14H16N2O5/c1-8-3-11(9(2)21-8)13(18)15-4-10(5-15)6-16-12(17)7-20-14(16)19/h3,10H,4-7H2,1-2H3. The van der Waals surface area contributed by atoms with E-state index in [4.69, 9.17) is 4.42 Å². The number of cyclic esters (lactones) is 1. The lowest BCUT2D eigenvalue weighted by molar-refractivity contribution is -0.126. The van der Waals surface area contributed by atoms with Crippen molar-refractivity contribution < 1.29 is 23.5 Å². The Balaban J connectivity index is 1.56. The molecule has 1 aromatic heterocycles. The number of rotatable bonds is 3. The van der Waals surface area contributed by atoms with E-state index in [2.05, 4.69) is 4.74 Å². The minimum atomic E-state index is -0.592. The maximum absolute atomic E-state index is 12.3. The highest BCUT2D eigenvalue weighted by Gasteiger charge is 2.38. The van der Waals surface area contributed by atoms with Crippen LogP contribution in [0.3, 0.4) is 0 Å². The van der Waals surface area contributed by atoms with Crippen LogP contribution in [-0.4, -0.2) is 53.9 Å². The zero-order valence-electron chi connectivity index (χ0n) is 11.9. The molecule has 2 aliphatic rings. The first-order valence-corrected chi connectivity index (χ1v) is 6.79. The van der Waals surface area contributed by atoms with Gasteiger partial charge < -0.3 is 14.1 Å². The molecule has 3 amide bonds. The van der Waals surface area contributed by atoms with Crippen molar-refractivity contribution in [2.75, 3.05) is 26.2 Å². The van der Waals surface area contributed by atoms with Crippen molar-refractivity contribution in [3.63, 3.8) is 0 Å². The van der Waals surface area contributed by atoms with Gasteiger partial charge in [-0.3, -0.25) is 9.59 Å². The van der Waals surface area contributed by atoms with E-state index < -0.39 is 6.09 Å². The smallest absolute Gasteiger partial charge is 0.417 e. The van der Waals surface area contributed by atoms with Gasteiger partial charge in [-0.05, 0) is 19.9 Å². The van der Waals surface area contributed by atoms with E-state index in [1.165, 1.54) is 0 Å². The van der Waals surface area contributed by atoms with Gasteiger partial charge in [0.15, 0.2) is 6.61 Å². The van der Waals surface area contributed by atoms with Crippen LogP contribution >= 0.6 is 0 Å². The molecule has 7 nitrogen and oxygen atoms in total. The lowest BCUT2D eigenvalue weighted by Gasteiger charge is -2.40. The molecule has 2 saturated heterocycles. The molecule has 3 rings (SSSR count). The van der Waals surface area contributed by atoms with Crippen molar-refractivity contribution >= 4 is 17.9 Å². The Kier molecular flexibility index (Phi) is 3.19. The maximum Gasteiger partial charge on any atom is 0.417 e. The van der Waals surface area contributed by atoms with Gasteiger partial charge in [0.05, 0.1) is 5.56 Å². The van der Waals surface area contributed by atoms with E-state index in [-0.39, 0.29) is 24.3 Å². The number of hydrogen-bond donors (Lipinski definition) is 0. The van der Waals surface area contributed by atoms with Crippen LogP contribution in [0.1, 0.15) is 21.9 Å². The quantitative estimate of drug-likeness (QED) is 0.828. The minimum Gasteiger partial charge on any atom is -0.466 e. The molecule has 0 atom stereocenters. The third-order valence-corrected chi connectivity index (χ3v) is 3.80. The fourth-order valence-corrected chi connectivity index (χ4v) is 2.68. The highest BCUT2D eigenvalue weighted by molar-refractivity contribution is 5.98. The Morgan fingerprint density at radius 2 is 2.05 bits per heavy atom. The van der Waals surface area contributed by atoms with Crippen LogP contribution < -0.4 is 0 Å². The summed E-state index contributed by atoms with van der Waals surface area (Å²) in [5, 5.41) is 0. The van der Waals surface area contributed by atoms with Crippen LogP contribution in [0.2, 0.25) is 0 Å². The van der Waals surface area contributed by atoms with Crippen LogP contribution in [0.15, 0.2) is 10.5 Å². The number of carbonyl (C=O) groups is 3. The fourth-order valence-electron chi connectivity index (χ4n) is 2.68.